The maximum absolute atomic E-state index is 5.36. The number of hydrogen-bond donors (Lipinski definition) is 2. The fraction of sp³-hybridized carbons (Fsp3) is 0.400. The predicted molar refractivity (Wildman–Crippen MR) is 57.7 cm³/mol. The molecular weight excluding hydrogens is 208 g/mol. The summed E-state index contributed by atoms with van der Waals surface area (Å²) in [5, 5.41) is 10.7. The number of nitrogens with two attached hydrogens (primary N) is 1. The SMILES string of the molecule is CC(Cc1ccco1)Nc1nnc(CN)o1. The molecule has 0 aliphatic carbocycles. The molecule has 6 nitrogen and oxygen atoms in total. The molecule has 6 heteroatoms. The monoisotopic (exact) mass is 222 g/mol. The molecule has 0 radical (unpaired) electrons. The second-order valence-corrected chi connectivity index (χ2v) is 3.53. The topological polar surface area (TPSA) is 90.1 Å². The third-order valence-electron chi connectivity index (χ3n) is 2.10. The highest BCUT2D eigenvalue weighted by molar-refractivity contribution is 5.20. The van der Waals surface area contributed by atoms with Gasteiger partial charge in [0.25, 0.3) is 0 Å². The summed E-state index contributed by atoms with van der Waals surface area (Å²) >= 11 is 0. The summed E-state index contributed by atoms with van der Waals surface area (Å²) in [4.78, 5) is 0. The summed E-state index contributed by atoms with van der Waals surface area (Å²) in [5.74, 6) is 1.34. The van der Waals surface area contributed by atoms with Crippen LogP contribution in [-0.4, -0.2) is 16.2 Å². The lowest BCUT2D eigenvalue weighted by atomic mass is 10.2. The molecule has 16 heavy (non-hydrogen) atoms. The van der Waals surface area contributed by atoms with E-state index in [0.717, 1.165) is 12.2 Å². The number of hydrogen-bond acceptors (Lipinski definition) is 6. The van der Waals surface area contributed by atoms with E-state index >= 15 is 0 Å². The van der Waals surface area contributed by atoms with Crippen molar-refractivity contribution in [2.45, 2.75) is 25.9 Å². The molecule has 2 heterocycles. The van der Waals surface area contributed by atoms with Gasteiger partial charge >= 0.3 is 6.01 Å². The van der Waals surface area contributed by atoms with Gasteiger partial charge in [0.2, 0.25) is 5.89 Å². The van der Waals surface area contributed by atoms with Crippen molar-refractivity contribution in [3.8, 4) is 0 Å². The Kier molecular flexibility index (Phi) is 3.21. The molecule has 0 aliphatic rings. The van der Waals surface area contributed by atoms with E-state index in [0.29, 0.717) is 11.9 Å². The zero-order valence-corrected chi connectivity index (χ0v) is 9.01. The van der Waals surface area contributed by atoms with Gasteiger partial charge < -0.3 is 19.9 Å². The Bertz CT molecular complexity index is 424. The number of furan rings is 1. The van der Waals surface area contributed by atoms with Crippen molar-refractivity contribution < 1.29 is 8.83 Å². The standard InChI is InChI=1S/C10H14N4O2/c1-7(5-8-3-2-4-15-8)12-10-14-13-9(6-11)16-10/h2-4,7H,5-6,11H2,1H3,(H,12,14). The summed E-state index contributed by atoms with van der Waals surface area (Å²) in [5.41, 5.74) is 5.36. The van der Waals surface area contributed by atoms with E-state index in [1.54, 1.807) is 6.26 Å². The highest BCUT2D eigenvalue weighted by Gasteiger charge is 2.09. The van der Waals surface area contributed by atoms with Crippen molar-refractivity contribution in [2.24, 2.45) is 5.73 Å². The fourth-order valence-electron chi connectivity index (χ4n) is 1.39. The van der Waals surface area contributed by atoms with E-state index in [2.05, 4.69) is 15.5 Å². The van der Waals surface area contributed by atoms with Gasteiger partial charge in [0.05, 0.1) is 12.8 Å². The van der Waals surface area contributed by atoms with E-state index < -0.39 is 0 Å². The van der Waals surface area contributed by atoms with Crippen LogP contribution in [0.4, 0.5) is 6.01 Å². The Morgan fingerprint density at radius 3 is 3.00 bits per heavy atom. The van der Waals surface area contributed by atoms with Crippen molar-refractivity contribution in [3.05, 3.63) is 30.0 Å². The normalized spacial score (nSPS) is 12.6. The summed E-state index contributed by atoms with van der Waals surface area (Å²) in [7, 11) is 0. The van der Waals surface area contributed by atoms with Crippen LogP contribution in [0.25, 0.3) is 0 Å². The van der Waals surface area contributed by atoms with Crippen LogP contribution in [0.15, 0.2) is 27.2 Å². The Morgan fingerprint density at radius 2 is 2.38 bits per heavy atom. The smallest absolute Gasteiger partial charge is 0.315 e. The van der Waals surface area contributed by atoms with E-state index in [4.69, 9.17) is 14.6 Å². The maximum atomic E-state index is 5.36. The first-order chi connectivity index (χ1) is 7.78. The van der Waals surface area contributed by atoms with Gasteiger partial charge in [-0.15, -0.1) is 5.10 Å². The molecule has 86 valence electrons. The van der Waals surface area contributed by atoms with Crippen LogP contribution in [0.3, 0.4) is 0 Å². The van der Waals surface area contributed by atoms with Crippen LogP contribution in [-0.2, 0) is 13.0 Å². The highest BCUT2D eigenvalue weighted by Crippen LogP contribution is 2.10. The fourth-order valence-corrected chi connectivity index (χ4v) is 1.39. The average molecular weight is 222 g/mol. The molecule has 0 fully saturated rings. The first-order valence-corrected chi connectivity index (χ1v) is 5.09. The Morgan fingerprint density at radius 1 is 1.50 bits per heavy atom. The molecule has 0 spiro atoms. The molecule has 0 saturated carbocycles. The molecule has 1 atom stereocenters. The number of anilines is 1. The van der Waals surface area contributed by atoms with Crippen molar-refractivity contribution >= 4 is 6.01 Å². The van der Waals surface area contributed by atoms with Gasteiger partial charge in [-0.1, -0.05) is 5.10 Å². The Hall–Kier alpha value is -1.82. The second-order valence-electron chi connectivity index (χ2n) is 3.53. The molecule has 1 unspecified atom stereocenters. The first kappa shape index (κ1) is 10.7. The van der Waals surface area contributed by atoms with Gasteiger partial charge in [0.15, 0.2) is 0 Å². The Balaban J connectivity index is 1.89. The van der Waals surface area contributed by atoms with Crippen molar-refractivity contribution in [3.63, 3.8) is 0 Å². The zero-order chi connectivity index (χ0) is 11.4. The number of rotatable bonds is 5. The summed E-state index contributed by atoms with van der Waals surface area (Å²) in [6, 6.07) is 4.33. The van der Waals surface area contributed by atoms with Crippen molar-refractivity contribution in [1.29, 1.82) is 0 Å². The number of nitrogens with one attached hydrogen (secondary N) is 1. The van der Waals surface area contributed by atoms with Gasteiger partial charge in [-0.25, -0.2) is 0 Å². The van der Waals surface area contributed by atoms with Gasteiger partial charge in [-0.05, 0) is 19.1 Å². The Labute approximate surface area is 92.8 Å². The first-order valence-electron chi connectivity index (χ1n) is 5.09. The lowest BCUT2D eigenvalue weighted by Gasteiger charge is -2.09. The molecule has 3 N–H and O–H groups in total. The van der Waals surface area contributed by atoms with Crippen LogP contribution in [0, 0.1) is 0 Å². The summed E-state index contributed by atoms with van der Waals surface area (Å²) in [6.45, 7) is 2.26. The third kappa shape index (κ3) is 2.60. The molecular formula is C10H14N4O2. The summed E-state index contributed by atoms with van der Waals surface area (Å²) < 4.78 is 10.5. The van der Waals surface area contributed by atoms with Crippen LogP contribution < -0.4 is 11.1 Å². The van der Waals surface area contributed by atoms with Crippen LogP contribution >= 0.6 is 0 Å². The molecule has 0 aromatic carbocycles. The molecule has 2 rings (SSSR count). The lowest BCUT2D eigenvalue weighted by molar-refractivity contribution is 0.482. The average Bonchev–Trinajstić information content (AvgIpc) is 2.89. The van der Waals surface area contributed by atoms with E-state index in [-0.39, 0.29) is 12.6 Å². The predicted octanol–water partition coefficient (Wildman–Crippen LogP) is 1.16. The number of nitrogens with zero attached hydrogens (tertiary/aromatic N) is 2. The van der Waals surface area contributed by atoms with Gasteiger partial charge in [-0.3, -0.25) is 0 Å². The molecule has 2 aromatic rings. The molecule has 0 bridgehead atoms. The van der Waals surface area contributed by atoms with E-state index in [1.807, 2.05) is 19.1 Å². The highest BCUT2D eigenvalue weighted by atomic mass is 16.4. The van der Waals surface area contributed by atoms with Crippen molar-refractivity contribution in [1.82, 2.24) is 10.2 Å². The van der Waals surface area contributed by atoms with Gasteiger partial charge in [0, 0.05) is 12.5 Å². The van der Waals surface area contributed by atoms with Gasteiger partial charge in [-0.2, -0.15) is 0 Å². The van der Waals surface area contributed by atoms with Gasteiger partial charge in [0.1, 0.15) is 5.76 Å². The molecule has 2 aromatic heterocycles. The van der Waals surface area contributed by atoms with Crippen LogP contribution in [0.1, 0.15) is 18.6 Å². The minimum Gasteiger partial charge on any atom is -0.469 e. The molecule has 0 amide bonds. The van der Waals surface area contributed by atoms with E-state index in [9.17, 15) is 0 Å². The maximum Gasteiger partial charge on any atom is 0.315 e. The second kappa shape index (κ2) is 4.80. The quantitative estimate of drug-likeness (QED) is 0.789. The van der Waals surface area contributed by atoms with Crippen LogP contribution in [0.2, 0.25) is 0 Å². The zero-order valence-electron chi connectivity index (χ0n) is 9.01. The number of aromatic nitrogens is 2. The third-order valence-corrected chi connectivity index (χ3v) is 2.10. The molecule has 0 saturated heterocycles. The molecule has 0 aliphatic heterocycles. The minimum atomic E-state index is 0.150. The van der Waals surface area contributed by atoms with Crippen LogP contribution in [0.5, 0.6) is 0 Å². The summed E-state index contributed by atoms with van der Waals surface area (Å²) in [6.07, 6.45) is 2.41. The lowest BCUT2D eigenvalue weighted by Crippen LogP contribution is -2.17. The van der Waals surface area contributed by atoms with Crippen molar-refractivity contribution in [2.75, 3.05) is 5.32 Å². The minimum absolute atomic E-state index is 0.150. The largest absolute Gasteiger partial charge is 0.469 e. The van der Waals surface area contributed by atoms with E-state index in [1.165, 1.54) is 0 Å².